The minimum atomic E-state index is -1.26. The number of rotatable bonds is 6. The van der Waals surface area contributed by atoms with Crippen molar-refractivity contribution in [2.45, 2.75) is 44.9 Å². The van der Waals surface area contributed by atoms with E-state index in [4.69, 9.17) is 14.2 Å². The third-order valence-electron chi connectivity index (χ3n) is 7.40. The van der Waals surface area contributed by atoms with Crippen LogP contribution in [0.15, 0.2) is 67.0 Å². The highest BCUT2D eigenvalue weighted by Gasteiger charge is 2.34. The minimum absolute atomic E-state index is 0.0472. The molecule has 11 nitrogen and oxygen atoms in total. The number of aromatic nitrogens is 2. The van der Waals surface area contributed by atoms with Crippen molar-refractivity contribution in [1.82, 2.24) is 19.8 Å². The van der Waals surface area contributed by atoms with Gasteiger partial charge in [0.1, 0.15) is 23.3 Å². The molecule has 1 aliphatic rings. The van der Waals surface area contributed by atoms with Crippen molar-refractivity contribution in [3.63, 3.8) is 0 Å². The van der Waals surface area contributed by atoms with E-state index < -0.39 is 29.7 Å². The molecule has 1 fully saturated rings. The number of carbonyl (C=O) groups is 3. The van der Waals surface area contributed by atoms with Crippen molar-refractivity contribution in [3.8, 4) is 17.2 Å². The van der Waals surface area contributed by atoms with E-state index in [1.165, 1.54) is 22.8 Å². The van der Waals surface area contributed by atoms with Crippen LogP contribution < -0.4 is 20.1 Å². The highest BCUT2D eigenvalue weighted by Crippen LogP contribution is 2.36. The fourth-order valence-corrected chi connectivity index (χ4v) is 5.19. The molecular weight excluding hydrogens is 581 g/mol. The fraction of sp³-hybridized carbons (Fsp3) is 0.333. The smallest absolute Gasteiger partial charge is 0.410 e. The van der Waals surface area contributed by atoms with Gasteiger partial charge in [-0.1, -0.05) is 12.1 Å². The number of benzene rings is 2. The first-order valence-corrected chi connectivity index (χ1v) is 14.5. The van der Waals surface area contributed by atoms with Gasteiger partial charge in [-0.15, -0.1) is 0 Å². The second-order valence-corrected chi connectivity index (χ2v) is 11.7. The molecule has 236 valence electrons. The number of alkyl halides is 1. The van der Waals surface area contributed by atoms with Crippen molar-refractivity contribution in [2.75, 3.05) is 32.6 Å². The van der Waals surface area contributed by atoms with Crippen LogP contribution in [0.5, 0.6) is 17.2 Å². The molecule has 4 aromatic rings. The van der Waals surface area contributed by atoms with Gasteiger partial charge in [0.05, 0.1) is 19.2 Å². The molecule has 45 heavy (non-hydrogen) atoms. The molecule has 0 saturated carbocycles. The third kappa shape index (κ3) is 7.17. The molecule has 0 spiro atoms. The molecule has 2 aromatic carbocycles. The molecule has 5 rings (SSSR count). The van der Waals surface area contributed by atoms with Crippen LogP contribution >= 0.6 is 0 Å². The van der Waals surface area contributed by atoms with E-state index in [0.29, 0.717) is 41.3 Å². The summed E-state index contributed by atoms with van der Waals surface area (Å²) in [4.78, 5) is 43.2. The number of fused-ring (bicyclic) bond motifs is 1. The van der Waals surface area contributed by atoms with Crippen LogP contribution in [0.1, 0.15) is 49.0 Å². The Morgan fingerprint density at radius 2 is 1.78 bits per heavy atom. The Bertz CT molecular complexity index is 1720. The van der Waals surface area contributed by atoms with Gasteiger partial charge in [-0.25, -0.2) is 19.0 Å². The van der Waals surface area contributed by atoms with Crippen molar-refractivity contribution >= 4 is 34.8 Å². The van der Waals surface area contributed by atoms with Gasteiger partial charge >= 0.3 is 12.1 Å². The second kappa shape index (κ2) is 12.8. The number of pyridine rings is 1. The number of ether oxygens (including phenoxy) is 3. The number of carbonyl (C=O) groups excluding carboxylic acids is 3. The van der Waals surface area contributed by atoms with Crippen LogP contribution in [0.4, 0.5) is 19.8 Å². The molecule has 2 N–H and O–H groups in total. The van der Waals surface area contributed by atoms with E-state index in [9.17, 15) is 14.4 Å². The monoisotopic (exact) mass is 617 g/mol. The Balaban J connectivity index is 1.23. The van der Waals surface area contributed by atoms with Gasteiger partial charge in [0.2, 0.25) is 0 Å². The predicted molar refractivity (Wildman–Crippen MR) is 167 cm³/mol. The van der Waals surface area contributed by atoms with Gasteiger partial charge in [-0.3, -0.25) is 9.36 Å². The topological polar surface area (TPSA) is 124 Å². The number of hydrogen-bond donors (Lipinski definition) is 2. The molecule has 2 atom stereocenters. The summed E-state index contributed by atoms with van der Waals surface area (Å²) in [6, 6.07) is 15.0. The summed E-state index contributed by atoms with van der Waals surface area (Å²) in [7, 11) is 3.06. The maximum Gasteiger partial charge on any atom is 0.410 e. The molecule has 1 aliphatic heterocycles. The number of hydrogen-bond acceptors (Lipinski definition) is 7. The molecular formula is C33H36FN5O6. The average molecular weight is 618 g/mol. The Hall–Kier alpha value is -5.13. The lowest BCUT2D eigenvalue weighted by atomic mass is 9.87. The number of amides is 3. The lowest BCUT2D eigenvalue weighted by Gasteiger charge is -2.35. The number of nitrogens with zero attached hydrogens (tertiary/aromatic N) is 3. The summed E-state index contributed by atoms with van der Waals surface area (Å²) < 4.78 is 33.5. The molecule has 2 aromatic heterocycles. The average Bonchev–Trinajstić information content (AvgIpc) is 3.42. The van der Waals surface area contributed by atoms with Crippen LogP contribution in [-0.4, -0.2) is 71.5 Å². The largest absolute Gasteiger partial charge is 0.493 e. The number of anilines is 1. The number of piperidine rings is 1. The minimum Gasteiger partial charge on any atom is -0.493 e. The van der Waals surface area contributed by atoms with Crippen LogP contribution in [0.25, 0.3) is 10.9 Å². The van der Waals surface area contributed by atoms with E-state index in [1.54, 1.807) is 88.6 Å². The van der Waals surface area contributed by atoms with Gasteiger partial charge in [-0.05, 0) is 63.1 Å². The zero-order valence-electron chi connectivity index (χ0n) is 25.8. The summed E-state index contributed by atoms with van der Waals surface area (Å²) in [6.07, 6.45) is 1.83. The first-order chi connectivity index (χ1) is 21.5. The van der Waals surface area contributed by atoms with Crippen molar-refractivity contribution in [1.29, 1.82) is 0 Å². The molecule has 0 radical (unpaired) electrons. The third-order valence-corrected chi connectivity index (χ3v) is 7.40. The maximum atomic E-state index is 15.1. The zero-order valence-corrected chi connectivity index (χ0v) is 25.8. The molecule has 3 heterocycles. The molecule has 2 unspecified atom stereocenters. The Labute approximate surface area is 260 Å². The normalized spacial score (nSPS) is 16.6. The predicted octanol–water partition coefficient (Wildman–Crippen LogP) is 6.34. The number of nitrogens with one attached hydrogen (secondary N) is 2. The van der Waals surface area contributed by atoms with Crippen LogP contribution in [0.2, 0.25) is 0 Å². The summed E-state index contributed by atoms with van der Waals surface area (Å²) in [5.74, 6) is 0.727. The number of halogens is 1. The first-order valence-electron chi connectivity index (χ1n) is 14.5. The summed E-state index contributed by atoms with van der Waals surface area (Å²) >= 11 is 0. The van der Waals surface area contributed by atoms with Gasteiger partial charge < -0.3 is 29.7 Å². The zero-order chi connectivity index (χ0) is 32.3. The van der Waals surface area contributed by atoms with Crippen LogP contribution in [0.3, 0.4) is 0 Å². The van der Waals surface area contributed by atoms with Gasteiger partial charge in [0, 0.05) is 55.0 Å². The summed E-state index contributed by atoms with van der Waals surface area (Å²) in [6.45, 7) is 5.66. The lowest BCUT2D eigenvalue weighted by Crippen LogP contribution is -2.46. The Morgan fingerprint density at radius 1 is 1.02 bits per heavy atom. The van der Waals surface area contributed by atoms with Gasteiger partial charge in [-0.2, -0.15) is 0 Å². The van der Waals surface area contributed by atoms with Crippen molar-refractivity contribution < 1.29 is 33.0 Å². The first kappa shape index (κ1) is 31.3. The number of likely N-dealkylation sites (tertiary alicyclic amines) is 1. The quantitative estimate of drug-likeness (QED) is 0.259. The molecule has 1 saturated heterocycles. The SMILES string of the molecule is CNC(=O)n1ccc2cc(Oc3ccnc(NC(=O)c4ccc(C5CCN(C(=O)OC(C)(C)C)CC5F)cc4)c3)c(OC)cc21. The van der Waals surface area contributed by atoms with E-state index in [2.05, 4.69) is 15.6 Å². The van der Waals surface area contributed by atoms with Crippen LogP contribution in [-0.2, 0) is 4.74 Å². The van der Waals surface area contributed by atoms with Gasteiger partial charge in [0.25, 0.3) is 5.91 Å². The molecule has 0 bridgehead atoms. The van der Waals surface area contributed by atoms with Crippen molar-refractivity contribution in [3.05, 3.63) is 78.1 Å². The van der Waals surface area contributed by atoms with E-state index in [1.807, 2.05) is 0 Å². The standard InChI is InChI=1S/C33H36FN5O6/c1-33(2,3)45-32(42)38-14-12-24(25(34)19-38)20-6-8-21(9-7-20)30(40)37-29-17-23(10-13-36-29)44-28-16-22-11-15-39(31(41)35-4)26(22)18-27(28)43-5/h6-11,13,15-18,24-25H,12,14,19H2,1-5H3,(H,35,41)(H,36,37,40). The Morgan fingerprint density at radius 3 is 2.44 bits per heavy atom. The molecule has 12 heteroatoms. The molecule has 3 amide bonds. The van der Waals surface area contributed by atoms with Gasteiger partial charge in [0.15, 0.2) is 11.5 Å². The summed E-state index contributed by atoms with van der Waals surface area (Å²) in [5.41, 5.74) is 1.14. The van der Waals surface area contributed by atoms with E-state index in [-0.39, 0.29) is 18.4 Å². The maximum absolute atomic E-state index is 15.1. The number of methoxy groups -OCH3 is 1. The van der Waals surface area contributed by atoms with E-state index >= 15 is 4.39 Å². The second-order valence-electron chi connectivity index (χ2n) is 11.7. The fourth-order valence-electron chi connectivity index (χ4n) is 5.19. The molecule has 0 aliphatic carbocycles. The van der Waals surface area contributed by atoms with Crippen LogP contribution in [0, 0.1) is 0 Å². The Kier molecular flexibility index (Phi) is 8.94. The lowest BCUT2D eigenvalue weighted by molar-refractivity contribution is 0.0111. The highest BCUT2D eigenvalue weighted by molar-refractivity contribution is 6.03. The van der Waals surface area contributed by atoms with Crippen molar-refractivity contribution in [2.24, 2.45) is 0 Å². The van der Waals surface area contributed by atoms with E-state index in [0.717, 1.165) is 10.9 Å². The summed E-state index contributed by atoms with van der Waals surface area (Å²) in [5, 5.41) is 6.13. The highest BCUT2D eigenvalue weighted by atomic mass is 19.1.